The average Bonchev–Trinajstić information content (AvgIpc) is 2.01. The SMILES string of the molecule is CP(C)C(C)(C)CCC(C)(C)P(C)C. The summed E-state index contributed by atoms with van der Waals surface area (Å²) in [5, 5.41) is 1.13. The van der Waals surface area contributed by atoms with Crippen LogP contribution >= 0.6 is 15.8 Å². The molecule has 0 bridgehead atoms. The minimum Gasteiger partial charge on any atom is -0.107 e. The standard InChI is InChI=1S/C12H28P2/c1-11(2,13(5)6)9-10-12(3,4)14(7)8/h9-10H2,1-8H3. The maximum absolute atomic E-state index is 2.43. The number of rotatable bonds is 5. The molecule has 0 aliphatic rings. The molecule has 0 saturated heterocycles. The van der Waals surface area contributed by atoms with Crippen LogP contribution in [0.4, 0.5) is 0 Å². The molecule has 0 spiro atoms. The van der Waals surface area contributed by atoms with Crippen LogP contribution in [0, 0.1) is 0 Å². The van der Waals surface area contributed by atoms with Gasteiger partial charge in [-0.2, -0.15) is 0 Å². The van der Waals surface area contributed by atoms with Gasteiger partial charge in [0.2, 0.25) is 0 Å². The lowest BCUT2D eigenvalue weighted by Crippen LogP contribution is -2.24. The van der Waals surface area contributed by atoms with Gasteiger partial charge in [-0.3, -0.25) is 0 Å². The third-order valence-electron chi connectivity index (χ3n) is 3.77. The Balaban J connectivity index is 4.18. The molecule has 0 N–H and O–H groups in total. The maximum atomic E-state index is 2.43. The third kappa shape index (κ3) is 4.59. The molecule has 0 saturated carbocycles. The van der Waals surface area contributed by atoms with Crippen molar-refractivity contribution in [2.45, 2.75) is 50.8 Å². The molecule has 0 nitrogen and oxygen atoms in total. The Morgan fingerprint density at radius 2 is 0.857 bits per heavy atom. The zero-order chi connectivity index (χ0) is 11.6. The molecule has 0 aromatic rings. The molecule has 2 heteroatoms. The van der Waals surface area contributed by atoms with Crippen LogP contribution in [-0.4, -0.2) is 37.0 Å². The van der Waals surface area contributed by atoms with E-state index in [-0.39, 0.29) is 15.8 Å². The Morgan fingerprint density at radius 1 is 0.643 bits per heavy atom. The van der Waals surface area contributed by atoms with E-state index in [0.717, 1.165) is 0 Å². The number of hydrogen-bond donors (Lipinski definition) is 0. The van der Waals surface area contributed by atoms with Crippen LogP contribution in [0.25, 0.3) is 0 Å². The summed E-state index contributed by atoms with van der Waals surface area (Å²) < 4.78 is 0. The highest BCUT2D eigenvalue weighted by molar-refractivity contribution is 7.58. The third-order valence-corrected chi connectivity index (χ3v) is 9.06. The molecule has 0 fully saturated rings. The first-order valence-corrected chi connectivity index (χ1v) is 9.92. The van der Waals surface area contributed by atoms with Crippen LogP contribution in [0.15, 0.2) is 0 Å². The highest BCUT2D eigenvalue weighted by atomic mass is 31.1. The molecule has 0 aliphatic carbocycles. The molecule has 0 radical (unpaired) electrons. The first-order valence-electron chi connectivity index (χ1n) is 5.44. The topological polar surface area (TPSA) is 0 Å². The highest BCUT2D eigenvalue weighted by Crippen LogP contribution is 2.51. The molecular weight excluding hydrogens is 206 g/mol. The summed E-state index contributed by atoms with van der Waals surface area (Å²) in [6.07, 6.45) is 2.78. The monoisotopic (exact) mass is 234 g/mol. The molecule has 0 amide bonds. The fourth-order valence-corrected chi connectivity index (χ4v) is 2.18. The van der Waals surface area contributed by atoms with Crippen molar-refractivity contribution in [2.75, 3.05) is 26.7 Å². The van der Waals surface area contributed by atoms with Crippen molar-refractivity contribution in [1.82, 2.24) is 0 Å². The van der Waals surface area contributed by atoms with E-state index in [0.29, 0.717) is 10.3 Å². The minimum absolute atomic E-state index is 0.191. The van der Waals surface area contributed by atoms with Gasteiger partial charge in [0, 0.05) is 0 Å². The van der Waals surface area contributed by atoms with Crippen molar-refractivity contribution >= 4 is 15.8 Å². The molecule has 0 unspecified atom stereocenters. The molecular formula is C12H28P2. The molecule has 86 valence electrons. The van der Waals surface area contributed by atoms with E-state index in [1.165, 1.54) is 12.8 Å². The summed E-state index contributed by atoms with van der Waals surface area (Å²) in [7, 11) is 0.382. The Kier molecular flexibility index (Phi) is 5.59. The summed E-state index contributed by atoms with van der Waals surface area (Å²) in [6.45, 7) is 19.4. The quantitative estimate of drug-likeness (QED) is 0.599. The second-order valence-electron chi connectivity index (χ2n) is 5.91. The van der Waals surface area contributed by atoms with E-state index >= 15 is 0 Å². The summed E-state index contributed by atoms with van der Waals surface area (Å²) in [6, 6.07) is 0. The van der Waals surface area contributed by atoms with E-state index in [1.807, 2.05) is 0 Å². The van der Waals surface area contributed by atoms with Crippen LogP contribution in [0.5, 0.6) is 0 Å². The van der Waals surface area contributed by atoms with Crippen LogP contribution < -0.4 is 0 Å². The molecule has 0 aliphatic heterocycles. The van der Waals surface area contributed by atoms with Gasteiger partial charge in [0.1, 0.15) is 0 Å². The van der Waals surface area contributed by atoms with E-state index in [1.54, 1.807) is 0 Å². The van der Waals surface area contributed by atoms with Crippen LogP contribution in [0.3, 0.4) is 0 Å². The van der Waals surface area contributed by atoms with Crippen LogP contribution in [-0.2, 0) is 0 Å². The Bertz CT molecular complexity index is 149. The van der Waals surface area contributed by atoms with E-state index in [9.17, 15) is 0 Å². The van der Waals surface area contributed by atoms with Gasteiger partial charge in [-0.05, 0) is 49.8 Å². The zero-order valence-corrected chi connectivity index (χ0v) is 13.1. The summed E-state index contributed by atoms with van der Waals surface area (Å²) in [4.78, 5) is 0. The predicted molar refractivity (Wildman–Crippen MR) is 74.9 cm³/mol. The fraction of sp³-hybridized carbons (Fsp3) is 1.00. The number of hydrogen-bond acceptors (Lipinski definition) is 0. The first-order chi connectivity index (χ1) is 6.09. The van der Waals surface area contributed by atoms with E-state index in [2.05, 4.69) is 54.4 Å². The molecule has 14 heavy (non-hydrogen) atoms. The van der Waals surface area contributed by atoms with Crippen molar-refractivity contribution in [3.63, 3.8) is 0 Å². The molecule has 0 heterocycles. The van der Waals surface area contributed by atoms with Crippen molar-refractivity contribution < 1.29 is 0 Å². The lowest BCUT2D eigenvalue weighted by Gasteiger charge is -2.36. The second-order valence-corrected chi connectivity index (χ2v) is 11.9. The lowest BCUT2D eigenvalue weighted by atomic mass is 9.99. The fourth-order valence-electron chi connectivity index (χ4n) is 1.06. The van der Waals surface area contributed by atoms with Gasteiger partial charge < -0.3 is 0 Å². The normalized spacial score (nSPS) is 14.1. The van der Waals surface area contributed by atoms with Gasteiger partial charge in [0.25, 0.3) is 0 Å². The highest BCUT2D eigenvalue weighted by Gasteiger charge is 2.28. The molecule has 0 aromatic carbocycles. The summed E-state index contributed by atoms with van der Waals surface area (Å²) in [5.41, 5.74) is 0. The van der Waals surface area contributed by atoms with Gasteiger partial charge in [0.05, 0.1) is 0 Å². The molecule has 0 rings (SSSR count). The maximum Gasteiger partial charge on any atom is -0.0156 e. The van der Waals surface area contributed by atoms with Crippen molar-refractivity contribution in [2.24, 2.45) is 0 Å². The van der Waals surface area contributed by atoms with Gasteiger partial charge >= 0.3 is 0 Å². The van der Waals surface area contributed by atoms with Gasteiger partial charge in [-0.25, -0.2) is 0 Å². The van der Waals surface area contributed by atoms with Crippen molar-refractivity contribution in [1.29, 1.82) is 0 Å². The minimum atomic E-state index is 0.191. The smallest absolute Gasteiger partial charge is 0.0156 e. The van der Waals surface area contributed by atoms with E-state index < -0.39 is 0 Å². The van der Waals surface area contributed by atoms with E-state index in [4.69, 9.17) is 0 Å². The van der Waals surface area contributed by atoms with Crippen LogP contribution in [0.2, 0.25) is 0 Å². The predicted octanol–water partition coefficient (Wildman–Crippen LogP) is 4.81. The van der Waals surface area contributed by atoms with Crippen molar-refractivity contribution in [3.8, 4) is 0 Å². The first kappa shape index (κ1) is 14.9. The Morgan fingerprint density at radius 3 is 1.00 bits per heavy atom. The summed E-state index contributed by atoms with van der Waals surface area (Å²) in [5.74, 6) is 0. The Hall–Kier alpha value is 0.860. The molecule has 0 atom stereocenters. The largest absolute Gasteiger partial charge is 0.107 e. The average molecular weight is 234 g/mol. The van der Waals surface area contributed by atoms with Gasteiger partial charge in [-0.15, -0.1) is 15.8 Å². The lowest BCUT2D eigenvalue weighted by molar-refractivity contribution is 0.522. The second kappa shape index (κ2) is 5.27. The Labute approximate surface area is 93.8 Å². The van der Waals surface area contributed by atoms with Gasteiger partial charge in [0.15, 0.2) is 0 Å². The van der Waals surface area contributed by atoms with Crippen LogP contribution in [0.1, 0.15) is 40.5 Å². The van der Waals surface area contributed by atoms with Gasteiger partial charge in [-0.1, -0.05) is 27.7 Å². The summed E-state index contributed by atoms with van der Waals surface area (Å²) >= 11 is 0. The molecule has 0 aromatic heterocycles. The zero-order valence-electron chi connectivity index (χ0n) is 11.3. The van der Waals surface area contributed by atoms with Crippen molar-refractivity contribution in [3.05, 3.63) is 0 Å².